The van der Waals surface area contributed by atoms with Crippen LogP contribution < -0.4 is 9.64 Å². The molecule has 4 rings (SSSR count). The van der Waals surface area contributed by atoms with Gasteiger partial charge in [0, 0.05) is 25.4 Å². The molecule has 140 valence electrons. The highest BCUT2D eigenvalue weighted by Gasteiger charge is 2.35. The quantitative estimate of drug-likeness (QED) is 0.653. The van der Waals surface area contributed by atoms with Crippen LogP contribution in [0.15, 0.2) is 48.5 Å². The molecule has 0 unspecified atom stereocenters. The molecule has 0 saturated carbocycles. The number of imidazole rings is 1. The minimum atomic E-state index is 0.0890. The minimum absolute atomic E-state index is 0.0890. The van der Waals surface area contributed by atoms with Gasteiger partial charge in [-0.05, 0) is 37.6 Å². The lowest BCUT2D eigenvalue weighted by atomic mass is 10.1. The topological polar surface area (TPSA) is 47.4 Å². The number of fused-ring (bicyclic) bond motifs is 1. The molecule has 3 aromatic rings. The van der Waals surface area contributed by atoms with Gasteiger partial charge in [0.25, 0.3) is 0 Å². The highest BCUT2D eigenvalue weighted by Crippen LogP contribution is 2.37. The lowest BCUT2D eigenvalue weighted by molar-refractivity contribution is -0.117. The van der Waals surface area contributed by atoms with Crippen LogP contribution in [0.3, 0.4) is 0 Å². The Morgan fingerprint density at radius 1 is 1.11 bits per heavy atom. The molecule has 1 saturated heterocycles. The first kappa shape index (κ1) is 17.6. The summed E-state index contributed by atoms with van der Waals surface area (Å²) in [4.78, 5) is 19.6. The van der Waals surface area contributed by atoms with Gasteiger partial charge in [-0.25, -0.2) is 4.98 Å². The SMILES string of the molecule is CCCn1c([C@@H]2CC(=O)N(c3ccccc3OCC)C2)nc2ccccc21. The number of nitrogens with zero attached hydrogens (tertiary/aromatic N) is 3. The summed E-state index contributed by atoms with van der Waals surface area (Å²) in [5.41, 5.74) is 3.00. The Balaban J connectivity index is 1.69. The molecule has 0 N–H and O–H groups in total. The summed E-state index contributed by atoms with van der Waals surface area (Å²) in [6, 6.07) is 16.0. The van der Waals surface area contributed by atoms with Crippen LogP contribution in [0.2, 0.25) is 0 Å². The number of anilines is 1. The first-order valence-corrected chi connectivity index (χ1v) is 9.70. The van der Waals surface area contributed by atoms with Gasteiger partial charge in [0.2, 0.25) is 5.91 Å². The predicted molar refractivity (Wildman–Crippen MR) is 107 cm³/mol. The van der Waals surface area contributed by atoms with Crippen molar-refractivity contribution in [3.05, 3.63) is 54.4 Å². The molecule has 1 fully saturated rings. The zero-order valence-electron chi connectivity index (χ0n) is 15.9. The second-order valence-corrected chi connectivity index (χ2v) is 6.92. The Hall–Kier alpha value is -2.82. The second kappa shape index (κ2) is 7.43. The normalized spacial score (nSPS) is 17.0. The van der Waals surface area contributed by atoms with Crippen molar-refractivity contribution in [3.63, 3.8) is 0 Å². The first-order chi connectivity index (χ1) is 13.2. The maximum Gasteiger partial charge on any atom is 0.227 e. The van der Waals surface area contributed by atoms with Gasteiger partial charge in [-0.1, -0.05) is 31.2 Å². The number of hydrogen-bond acceptors (Lipinski definition) is 3. The van der Waals surface area contributed by atoms with Crippen LogP contribution in [-0.4, -0.2) is 28.6 Å². The Bertz CT molecular complexity index is 963. The fourth-order valence-electron chi connectivity index (χ4n) is 3.94. The third kappa shape index (κ3) is 3.18. The lowest BCUT2D eigenvalue weighted by Gasteiger charge is -2.20. The van der Waals surface area contributed by atoms with Gasteiger partial charge in [0.1, 0.15) is 11.6 Å². The third-order valence-electron chi connectivity index (χ3n) is 5.08. The predicted octanol–water partition coefficient (Wildman–Crippen LogP) is 4.37. The van der Waals surface area contributed by atoms with Crippen molar-refractivity contribution in [1.82, 2.24) is 9.55 Å². The molecule has 5 heteroatoms. The van der Waals surface area contributed by atoms with Gasteiger partial charge < -0.3 is 14.2 Å². The van der Waals surface area contributed by atoms with Gasteiger partial charge >= 0.3 is 0 Å². The fourth-order valence-corrected chi connectivity index (χ4v) is 3.94. The van der Waals surface area contributed by atoms with E-state index in [-0.39, 0.29) is 11.8 Å². The van der Waals surface area contributed by atoms with E-state index in [0.29, 0.717) is 19.6 Å². The van der Waals surface area contributed by atoms with Crippen LogP contribution in [0.25, 0.3) is 11.0 Å². The number of carbonyl (C=O) groups excluding carboxylic acids is 1. The number of ether oxygens (including phenoxy) is 1. The fraction of sp³-hybridized carbons (Fsp3) is 0.364. The molecule has 27 heavy (non-hydrogen) atoms. The van der Waals surface area contributed by atoms with Crippen LogP contribution in [0.1, 0.15) is 38.4 Å². The Morgan fingerprint density at radius 2 is 1.89 bits per heavy atom. The summed E-state index contributed by atoms with van der Waals surface area (Å²) in [5.74, 6) is 1.99. The third-order valence-corrected chi connectivity index (χ3v) is 5.08. The molecular weight excluding hydrogens is 338 g/mol. The van der Waals surface area contributed by atoms with Crippen molar-refractivity contribution in [1.29, 1.82) is 0 Å². The second-order valence-electron chi connectivity index (χ2n) is 6.92. The molecule has 1 aliphatic rings. The van der Waals surface area contributed by atoms with Crippen molar-refractivity contribution >= 4 is 22.6 Å². The van der Waals surface area contributed by atoms with Crippen molar-refractivity contribution in [2.75, 3.05) is 18.1 Å². The molecule has 2 heterocycles. The van der Waals surface area contributed by atoms with Gasteiger partial charge in [-0.15, -0.1) is 0 Å². The number of carbonyl (C=O) groups is 1. The highest BCUT2D eigenvalue weighted by molar-refractivity contribution is 5.97. The van der Waals surface area contributed by atoms with E-state index in [1.165, 1.54) is 0 Å². The smallest absolute Gasteiger partial charge is 0.227 e. The molecule has 1 amide bonds. The van der Waals surface area contributed by atoms with E-state index in [0.717, 1.165) is 41.3 Å². The average molecular weight is 363 g/mol. The summed E-state index contributed by atoms with van der Waals surface area (Å²) < 4.78 is 8.02. The molecule has 1 atom stereocenters. The van der Waals surface area contributed by atoms with E-state index in [9.17, 15) is 4.79 Å². The average Bonchev–Trinajstić information content (AvgIpc) is 3.24. The largest absolute Gasteiger partial charge is 0.492 e. The van der Waals surface area contributed by atoms with Crippen LogP contribution in [0.4, 0.5) is 5.69 Å². The molecule has 2 aromatic carbocycles. The highest BCUT2D eigenvalue weighted by atomic mass is 16.5. The van der Waals surface area contributed by atoms with Gasteiger partial charge in [-0.3, -0.25) is 4.79 Å². The van der Waals surface area contributed by atoms with Crippen LogP contribution in [0.5, 0.6) is 5.75 Å². The number of amides is 1. The molecule has 1 aliphatic heterocycles. The van der Waals surface area contributed by atoms with Crippen molar-refractivity contribution in [2.24, 2.45) is 0 Å². The van der Waals surface area contributed by atoms with Crippen LogP contribution in [-0.2, 0) is 11.3 Å². The van der Waals surface area contributed by atoms with Crippen molar-refractivity contribution < 1.29 is 9.53 Å². The lowest BCUT2D eigenvalue weighted by Crippen LogP contribution is -2.25. The van der Waals surface area contributed by atoms with E-state index < -0.39 is 0 Å². The molecule has 0 spiro atoms. The molecular formula is C22H25N3O2. The molecule has 0 bridgehead atoms. The maximum absolute atomic E-state index is 12.8. The number of aryl methyl sites for hydroxylation is 1. The number of aromatic nitrogens is 2. The monoisotopic (exact) mass is 363 g/mol. The molecule has 5 nitrogen and oxygen atoms in total. The number of rotatable bonds is 6. The van der Waals surface area contributed by atoms with Gasteiger partial charge in [-0.2, -0.15) is 0 Å². The zero-order valence-corrected chi connectivity index (χ0v) is 15.9. The van der Waals surface area contributed by atoms with E-state index in [2.05, 4.69) is 17.6 Å². The Morgan fingerprint density at radius 3 is 2.70 bits per heavy atom. The van der Waals surface area contributed by atoms with Gasteiger partial charge in [0.05, 0.1) is 23.3 Å². The maximum atomic E-state index is 12.8. The molecule has 0 aliphatic carbocycles. The number of para-hydroxylation sites is 4. The van der Waals surface area contributed by atoms with Crippen molar-refractivity contribution in [2.45, 2.75) is 39.2 Å². The number of benzene rings is 2. The van der Waals surface area contributed by atoms with E-state index >= 15 is 0 Å². The summed E-state index contributed by atoms with van der Waals surface area (Å²) in [5, 5.41) is 0. The van der Waals surface area contributed by atoms with Gasteiger partial charge in [0.15, 0.2) is 0 Å². The van der Waals surface area contributed by atoms with Crippen LogP contribution >= 0.6 is 0 Å². The first-order valence-electron chi connectivity index (χ1n) is 9.70. The standard InChI is InChI=1S/C22H25N3O2/c1-3-13-24-18-10-6-5-9-17(18)23-22(24)16-14-21(26)25(15-16)19-11-7-8-12-20(19)27-4-2/h5-12,16H,3-4,13-15H2,1-2H3/t16-/m1/s1. The van der Waals surface area contributed by atoms with Crippen LogP contribution in [0, 0.1) is 0 Å². The van der Waals surface area contributed by atoms with E-state index in [1.54, 1.807) is 0 Å². The molecule has 1 aromatic heterocycles. The van der Waals surface area contributed by atoms with E-state index in [4.69, 9.17) is 9.72 Å². The zero-order chi connectivity index (χ0) is 18.8. The van der Waals surface area contributed by atoms with E-state index in [1.807, 2.05) is 54.3 Å². The Kier molecular flexibility index (Phi) is 4.84. The van der Waals surface area contributed by atoms with Crippen molar-refractivity contribution in [3.8, 4) is 5.75 Å². The number of hydrogen-bond donors (Lipinski definition) is 0. The summed E-state index contributed by atoms with van der Waals surface area (Å²) in [6.45, 7) is 6.25. The molecule has 0 radical (unpaired) electrons. The minimum Gasteiger partial charge on any atom is -0.492 e. The Labute approximate surface area is 159 Å². The summed E-state index contributed by atoms with van der Waals surface area (Å²) >= 11 is 0. The summed E-state index contributed by atoms with van der Waals surface area (Å²) in [6.07, 6.45) is 1.51. The summed E-state index contributed by atoms with van der Waals surface area (Å²) in [7, 11) is 0.